The quantitative estimate of drug-likeness (QED) is 0.380. The van der Waals surface area contributed by atoms with Gasteiger partial charge in [-0.05, 0) is 31.6 Å². The van der Waals surface area contributed by atoms with Gasteiger partial charge < -0.3 is 0 Å². The lowest BCUT2D eigenvalue weighted by atomic mass is 10.4. The van der Waals surface area contributed by atoms with Gasteiger partial charge in [-0.3, -0.25) is 0 Å². The Morgan fingerprint density at radius 1 is 1.38 bits per heavy atom. The van der Waals surface area contributed by atoms with Gasteiger partial charge >= 0.3 is 0 Å². The topological polar surface area (TPSA) is 37.4 Å². The molecule has 0 saturated heterocycles. The predicted octanol–water partition coefficient (Wildman–Crippen LogP) is 1.68. The molecular formula is C11H18ClNO2S. The zero-order valence-electron chi connectivity index (χ0n) is 9.36. The van der Waals surface area contributed by atoms with E-state index in [4.69, 9.17) is 18.0 Å². The molecule has 0 aromatic heterocycles. The highest BCUT2D eigenvalue weighted by molar-refractivity contribution is 7.89. The molecule has 0 heterocycles. The Morgan fingerprint density at radius 2 is 2.06 bits per heavy atom. The van der Waals surface area contributed by atoms with Crippen LogP contribution in [0, 0.1) is 18.3 Å². The van der Waals surface area contributed by atoms with Crippen LogP contribution in [0.3, 0.4) is 0 Å². The van der Waals surface area contributed by atoms with Crippen molar-refractivity contribution in [1.82, 2.24) is 4.31 Å². The Bertz CT molecular complexity index is 343. The van der Waals surface area contributed by atoms with Crippen molar-refractivity contribution in [3.63, 3.8) is 0 Å². The molecule has 1 fully saturated rings. The summed E-state index contributed by atoms with van der Waals surface area (Å²) in [5, 5.41) is 0. The maximum absolute atomic E-state index is 11.9. The predicted molar refractivity (Wildman–Crippen MR) is 66.9 cm³/mol. The van der Waals surface area contributed by atoms with Gasteiger partial charge in [-0.2, -0.15) is 4.31 Å². The van der Waals surface area contributed by atoms with Crippen molar-refractivity contribution in [3.8, 4) is 12.3 Å². The molecule has 0 aromatic rings. The van der Waals surface area contributed by atoms with Crippen molar-refractivity contribution < 1.29 is 8.42 Å². The summed E-state index contributed by atoms with van der Waals surface area (Å²) in [6.07, 6.45) is 8.79. The van der Waals surface area contributed by atoms with Crippen LogP contribution >= 0.6 is 11.6 Å². The summed E-state index contributed by atoms with van der Waals surface area (Å²) >= 11 is 5.52. The molecule has 92 valence electrons. The third kappa shape index (κ3) is 4.73. The van der Waals surface area contributed by atoms with Gasteiger partial charge in [-0.25, -0.2) is 8.42 Å². The SMILES string of the molecule is C#CCN(CC1CC1)S(=O)(=O)CCCCCl. The smallest absolute Gasteiger partial charge is 0.212 e. The highest BCUT2D eigenvalue weighted by Crippen LogP contribution is 2.30. The molecule has 0 aromatic carbocycles. The molecule has 5 heteroatoms. The van der Waals surface area contributed by atoms with E-state index in [9.17, 15) is 8.42 Å². The highest BCUT2D eigenvalue weighted by atomic mass is 35.5. The molecule has 0 aliphatic heterocycles. The van der Waals surface area contributed by atoms with Gasteiger partial charge in [0.2, 0.25) is 10.0 Å². The average Bonchev–Trinajstić information content (AvgIpc) is 3.01. The summed E-state index contributed by atoms with van der Waals surface area (Å²) in [7, 11) is -3.18. The van der Waals surface area contributed by atoms with Crippen LogP contribution < -0.4 is 0 Å². The number of hydrogen-bond acceptors (Lipinski definition) is 2. The monoisotopic (exact) mass is 263 g/mol. The van der Waals surface area contributed by atoms with Gasteiger partial charge in [0.05, 0.1) is 12.3 Å². The molecule has 1 saturated carbocycles. The molecule has 1 aliphatic rings. The summed E-state index contributed by atoms with van der Waals surface area (Å²) in [6, 6.07) is 0. The second-order valence-electron chi connectivity index (χ2n) is 4.15. The van der Waals surface area contributed by atoms with Gasteiger partial charge in [0.15, 0.2) is 0 Å². The Balaban J connectivity index is 2.49. The first-order valence-corrected chi connectivity index (χ1v) is 7.71. The van der Waals surface area contributed by atoms with Crippen molar-refractivity contribution in [3.05, 3.63) is 0 Å². The van der Waals surface area contributed by atoms with Gasteiger partial charge in [-0.15, -0.1) is 18.0 Å². The Hall–Kier alpha value is -0.240. The number of rotatable bonds is 8. The van der Waals surface area contributed by atoms with E-state index in [1.54, 1.807) is 0 Å². The van der Waals surface area contributed by atoms with Crippen molar-refractivity contribution in [2.45, 2.75) is 25.7 Å². The number of sulfonamides is 1. The van der Waals surface area contributed by atoms with Crippen LogP contribution in [0.15, 0.2) is 0 Å². The molecule has 3 nitrogen and oxygen atoms in total. The first-order valence-electron chi connectivity index (χ1n) is 5.57. The Labute approximate surface area is 103 Å². The average molecular weight is 264 g/mol. The van der Waals surface area contributed by atoms with E-state index in [0.717, 1.165) is 19.3 Å². The number of terminal acetylenes is 1. The summed E-state index contributed by atoms with van der Waals surface area (Å²) in [5.74, 6) is 3.61. The molecule has 1 rings (SSSR count). The summed E-state index contributed by atoms with van der Waals surface area (Å²) < 4.78 is 25.3. The van der Waals surface area contributed by atoms with Crippen molar-refractivity contribution in [2.24, 2.45) is 5.92 Å². The van der Waals surface area contributed by atoms with Crippen LogP contribution in [-0.4, -0.2) is 37.4 Å². The normalized spacial score (nSPS) is 16.3. The zero-order chi connectivity index (χ0) is 12.0. The number of alkyl halides is 1. The standard InChI is InChI=1S/C11H18ClNO2S/c1-2-8-13(10-11-5-6-11)16(14,15)9-4-3-7-12/h1,11H,3-10H2. The third-order valence-electron chi connectivity index (χ3n) is 2.61. The van der Waals surface area contributed by atoms with E-state index in [1.165, 1.54) is 4.31 Å². The Kier molecular flexibility index (Phi) is 5.60. The van der Waals surface area contributed by atoms with Crippen LogP contribution in [0.25, 0.3) is 0 Å². The van der Waals surface area contributed by atoms with Crippen LogP contribution in [0.5, 0.6) is 0 Å². The van der Waals surface area contributed by atoms with E-state index in [2.05, 4.69) is 5.92 Å². The minimum Gasteiger partial charge on any atom is -0.212 e. The maximum Gasteiger partial charge on any atom is 0.214 e. The summed E-state index contributed by atoms with van der Waals surface area (Å²) in [4.78, 5) is 0. The lowest BCUT2D eigenvalue weighted by Gasteiger charge is -2.19. The van der Waals surface area contributed by atoms with Gasteiger partial charge in [0.1, 0.15) is 0 Å². The van der Waals surface area contributed by atoms with Crippen LogP contribution in [0.1, 0.15) is 25.7 Å². The van der Waals surface area contributed by atoms with Crippen LogP contribution in [0.4, 0.5) is 0 Å². The van der Waals surface area contributed by atoms with E-state index in [-0.39, 0.29) is 12.3 Å². The van der Waals surface area contributed by atoms with E-state index < -0.39 is 10.0 Å². The first-order chi connectivity index (χ1) is 7.60. The first kappa shape index (κ1) is 13.8. The highest BCUT2D eigenvalue weighted by Gasteiger charge is 2.29. The second kappa shape index (κ2) is 6.48. The third-order valence-corrected chi connectivity index (χ3v) is 4.74. The molecule has 0 unspecified atom stereocenters. The minimum atomic E-state index is -3.18. The second-order valence-corrected chi connectivity index (χ2v) is 6.62. The summed E-state index contributed by atoms with van der Waals surface area (Å²) in [6.45, 7) is 0.785. The fourth-order valence-electron chi connectivity index (χ4n) is 1.47. The molecule has 0 radical (unpaired) electrons. The van der Waals surface area contributed by atoms with Crippen LogP contribution in [-0.2, 0) is 10.0 Å². The van der Waals surface area contributed by atoms with Crippen molar-refractivity contribution >= 4 is 21.6 Å². The fraction of sp³-hybridized carbons (Fsp3) is 0.818. The number of unbranched alkanes of at least 4 members (excludes halogenated alkanes) is 1. The van der Waals surface area contributed by atoms with E-state index >= 15 is 0 Å². The lowest BCUT2D eigenvalue weighted by Crippen LogP contribution is -2.35. The molecule has 0 bridgehead atoms. The molecule has 0 amide bonds. The molecule has 1 aliphatic carbocycles. The lowest BCUT2D eigenvalue weighted by molar-refractivity contribution is 0.429. The molecule has 16 heavy (non-hydrogen) atoms. The van der Waals surface area contributed by atoms with E-state index in [0.29, 0.717) is 24.8 Å². The van der Waals surface area contributed by atoms with Gasteiger partial charge in [0, 0.05) is 12.4 Å². The fourth-order valence-corrected chi connectivity index (χ4v) is 3.20. The number of nitrogens with zero attached hydrogens (tertiary/aromatic N) is 1. The van der Waals surface area contributed by atoms with Crippen molar-refractivity contribution in [2.75, 3.05) is 24.7 Å². The van der Waals surface area contributed by atoms with Crippen molar-refractivity contribution in [1.29, 1.82) is 0 Å². The zero-order valence-corrected chi connectivity index (χ0v) is 10.9. The van der Waals surface area contributed by atoms with E-state index in [1.807, 2.05) is 0 Å². The van der Waals surface area contributed by atoms with Gasteiger partial charge in [-0.1, -0.05) is 5.92 Å². The maximum atomic E-state index is 11.9. The number of hydrogen-bond donors (Lipinski definition) is 0. The largest absolute Gasteiger partial charge is 0.214 e. The molecule has 0 spiro atoms. The van der Waals surface area contributed by atoms with Crippen LogP contribution in [0.2, 0.25) is 0 Å². The van der Waals surface area contributed by atoms with Gasteiger partial charge in [0.25, 0.3) is 0 Å². The minimum absolute atomic E-state index is 0.161. The molecule has 0 N–H and O–H groups in total. The molecular weight excluding hydrogens is 246 g/mol. The summed E-state index contributed by atoms with van der Waals surface area (Å²) in [5.41, 5.74) is 0. The number of halogens is 1. The Morgan fingerprint density at radius 3 is 2.56 bits per heavy atom. The molecule has 0 atom stereocenters.